The average molecular weight is 546 g/mol. The van der Waals surface area contributed by atoms with Crippen LogP contribution in [0.25, 0.3) is 0 Å². The molecule has 1 aliphatic rings. The van der Waals surface area contributed by atoms with Gasteiger partial charge in [-0.05, 0) is 88.4 Å². The third-order valence-electron chi connectivity index (χ3n) is 6.48. The Morgan fingerprint density at radius 3 is 2.31 bits per heavy atom. The predicted octanol–water partition coefficient (Wildman–Crippen LogP) is 6.81. The molecule has 0 aromatic heterocycles. The Bertz CT molecular complexity index is 1360. The van der Waals surface area contributed by atoms with Crippen molar-refractivity contribution in [1.82, 2.24) is 5.32 Å². The summed E-state index contributed by atoms with van der Waals surface area (Å²) in [6, 6.07) is 23.7. The molecule has 0 unspecified atom stereocenters. The van der Waals surface area contributed by atoms with Crippen molar-refractivity contribution in [3.8, 4) is 0 Å². The molecule has 0 aliphatic carbocycles. The summed E-state index contributed by atoms with van der Waals surface area (Å²) in [5.41, 5.74) is 5.23. The fourth-order valence-electron chi connectivity index (χ4n) is 4.63. The maximum Gasteiger partial charge on any atom is 0.336 e. The molecule has 0 fully saturated rings. The molecule has 1 aliphatic heterocycles. The van der Waals surface area contributed by atoms with E-state index < -0.39 is 11.6 Å². The Kier molecular flexibility index (Phi) is 8.97. The van der Waals surface area contributed by atoms with Crippen LogP contribution in [0.15, 0.2) is 84.1 Å². The van der Waals surface area contributed by atoms with Crippen molar-refractivity contribution in [2.75, 3.05) is 23.3 Å². The lowest BCUT2D eigenvalue weighted by Crippen LogP contribution is -2.33. The summed E-state index contributed by atoms with van der Waals surface area (Å²) in [5, 5.41) is 6.81. The van der Waals surface area contributed by atoms with Gasteiger partial charge in [0.2, 0.25) is 0 Å². The van der Waals surface area contributed by atoms with E-state index in [1.54, 1.807) is 39.8 Å². The van der Waals surface area contributed by atoms with Gasteiger partial charge in [-0.25, -0.2) is 4.79 Å². The van der Waals surface area contributed by atoms with Crippen molar-refractivity contribution in [3.63, 3.8) is 0 Å². The van der Waals surface area contributed by atoms with E-state index in [0.29, 0.717) is 30.2 Å². The van der Waals surface area contributed by atoms with Crippen molar-refractivity contribution < 1.29 is 14.3 Å². The first kappa shape index (κ1) is 28.2. The number of benzene rings is 3. The van der Waals surface area contributed by atoms with Gasteiger partial charge in [0.25, 0.3) is 5.91 Å². The summed E-state index contributed by atoms with van der Waals surface area (Å²) in [6.07, 6.45) is 2.62. The molecule has 0 bridgehead atoms. The Morgan fingerprint density at radius 1 is 0.923 bits per heavy atom. The third kappa shape index (κ3) is 7.42. The number of carbonyl (C=O) groups excluding carboxylic acids is 2. The van der Waals surface area contributed by atoms with Crippen LogP contribution in [0.4, 0.5) is 17.1 Å². The number of anilines is 3. The van der Waals surface area contributed by atoms with Crippen molar-refractivity contribution in [1.29, 1.82) is 0 Å². The molecule has 0 radical (unpaired) electrons. The molecular formula is C32H36ClN3O3. The number of halogens is 1. The van der Waals surface area contributed by atoms with E-state index in [0.717, 1.165) is 18.5 Å². The van der Waals surface area contributed by atoms with Gasteiger partial charge in [0.1, 0.15) is 11.3 Å². The molecular weight excluding hydrogens is 510 g/mol. The molecule has 0 atom stereocenters. The molecule has 39 heavy (non-hydrogen) atoms. The molecule has 0 spiro atoms. The number of amides is 1. The SMILES string of the molecule is CC(C(=O)OC(C)(C)C)=C(NCCCN1c2ccccc2CCc2ccc(Cl)cc21)C(=O)Nc1ccccc1. The van der Waals surface area contributed by atoms with Crippen LogP contribution in [-0.2, 0) is 27.2 Å². The molecule has 204 valence electrons. The van der Waals surface area contributed by atoms with E-state index in [-0.39, 0.29) is 17.2 Å². The zero-order valence-corrected chi connectivity index (χ0v) is 23.8. The summed E-state index contributed by atoms with van der Waals surface area (Å²) >= 11 is 6.40. The van der Waals surface area contributed by atoms with Crippen molar-refractivity contribution in [2.45, 2.75) is 52.6 Å². The molecule has 0 saturated heterocycles. The second-order valence-corrected chi connectivity index (χ2v) is 11.1. The Hall–Kier alpha value is -3.77. The van der Waals surface area contributed by atoms with Gasteiger partial charge >= 0.3 is 5.97 Å². The maximum absolute atomic E-state index is 13.3. The highest BCUT2D eigenvalue weighted by Gasteiger charge is 2.24. The normalized spacial score (nSPS) is 13.4. The Morgan fingerprint density at radius 2 is 1.59 bits per heavy atom. The summed E-state index contributed by atoms with van der Waals surface area (Å²) in [6.45, 7) is 8.21. The van der Waals surface area contributed by atoms with Crippen LogP contribution < -0.4 is 15.5 Å². The average Bonchev–Trinajstić information content (AvgIpc) is 3.04. The van der Waals surface area contributed by atoms with Crippen LogP contribution in [0.5, 0.6) is 0 Å². The van der Waals surface area contributed by atoms with E-state index in [9.17, 15) is 9.59 Å². The number of nitrogens with zero attached hydrogens (tertiary/aromatic N) is 1. The van der Waals surface area contributed by atoms with Gasteiger partial charge in [0.15, 0.2) is 0 Å². The number of rotatable bonds is 8. The Labute approximate surface area is 236 Å². The number of hydrogen-bond donors (Lipinski definition) is 2. The number of nitrogens with one attached hydrogen (secondary N) is 2. The van der Waals surface area contributed by atoms with Gasteiger partial charge in [-0.3, -0.25) is 4.79 Å². The lowest BCUT2D eigenvalue weighted by atomic mass is 10.0. The van der Waals surface area contributed by atoms with Crippen LogP contribution in [0.1, 0.15) is 45.2 Å². The zero-order chi connectivity index (χ0) is 28.0. The molecule has 1 heterocycles. The lowest BCUT2D eigenvalue weighted by Gasteiger charge is -2.27. The van der Waals surface area contributed by atoms with Crippen LogP contribution >= 0.6 is 11.6 Å². The minimum absolute atomic E-state index is 0.202. The topological polar surface area (TPSA) is 70.7 Å². The summed E-state index contributed by atoms with van der Waals surface area (Å²) in [7, 11) is 0. The molecule has 6 nitrogen and oxygen atoms in total. The summed E-state index contributed by atoms with van der Waals surface area (Å²) < 4.78 is 5.55. The van der Waals surface area contributed by atoms with Gasteiger partial charge in [0.05, 0.1) is 5.57 Å². The van der Waals surface area contributed by atoms with Crippen molar-refractivity contribution in [2.24, 2.45) is 0 Å². The van der Waals surface area contributed by atoms with E-state index in [2.05, 4.69) is 45.9 Å². The fraction of sp³-hybridized carbons (Fsp3) is 0.312. The second kappa shape index (κ2) is 12.4. The number of para-hydroxylation sites is 2. The highest BCUT2D eigenvalue weighted by molar-refractivity contribution is 6.30. The Balaban J connectivity index is 1.53. The minimum Gasteiger partial charge on any atom is -0.457 e. The fourth-order valence-corrected chi connectivity index (χ4v) is 4.80. The smallest absolute Gasteiger partial charge is 0.336 e. The zero-order valence-electron chi connectivity index (χ0n) is 23.0. The quantitative estimate of drug-likeness (QED) is 0.185. The first-order valence-corrected chi connectivity index (χ1v) is 13.7. The van der Waals surface area contributed by atoms with Crippen LogP contribution in [0, 0.1) is 0 Å². The van der Waals surface area contributed by atoms with E-state index in [1.165, 1.54) is 16.8 Å². The highest BCUT2D eigenvalue weighted by atomic mass is 35.5. The third-order valence-corrected chi connectivity index (χ3v) is 6.72. The van der Waals surface area contributed by atoms with Gasteiger partial charge in [-0.2, -0.15) is 0 Å². The van der Waals surface area contributed by atoms with Gasteiger partial charge in [-0.1, -0.05) is 54.1 Å². The van der Waals surface area contributed by atoms with E-state index >= 15 is 0 Å². The van der Waals surface area contributed by atoms with Crippen molar-refractivity contribution >= 4 is 40.5 Å². The second-order valence-electron chi connectivity index (χ2n) is 10.7. The van der Waals surface area contributed by atoms with Crippen molar-refractivity contribution in [3.05, 3.63) is 100 Å². The number of fused-ring (bicyclic) bond motifs is 2. The predicted molar refractivity (Wildman–Crippen MR) is 159 cm³/mol. The lowest BCUT2D eigenvalue weighted by molar-refractivity contribution is -0.150. The molecule has 2 N–H and O–H groups in total. The number of aryl methyl sites for hydroxylation is 2. The van der Waals surface area contributed by atoms with Gasteiger partial charge < -0.3 is 20.3 Å². The standard InChI is InChI=1S/C32H36ClN3O3/c1-22(31(38)39-32(2,3)4)29(30(37)35-26-12-6-5-7-13-26)34-19-10-20-36-27-14-9-8-11-23(27)15-16-24-17-18-25(33)21-28(24)36/h5-9,11-14,17-18,21,34H,10,15-16,19-20H2,1-4H3,(H,35,37). The number of esters is 1. The van der Waals surface area contributed by atoms with Crippen LogP contribution in [0.3, 0.4) is 0 Å². The molecule has 4 rings (SSSR count). The van der Waals surface area contributed by atoms with Crippen LogP contribution in [-0.4, -0.2) is 30.6 Å². The summed E-state index contributed by atoms with van der Waals surface area (Å²) in [4.78, 5) is 28.4. The van der Waals surface area contributed by atoms with Crippen LogP contribution in [0.2, 0.25) is 5.02 Å². The van der Waals surface area contributed by atoms with Gasteiger partial charge in [0, 0.05) is 35.2 Å². The first-order chi connectivity index (χ1) is 18.6. The molecule has 3 aromatic rings. The van der Waals surface area contributed by atoms with Gasteiger partial charge in [-0.15, -0.1) is 0 Å². The maximum atomic E-state index is 13.3. The summed E-state index contributed by atoms with van der Waals surface area (Å²) in [5.74, 6) is -0.917. The molecule has 7 heteroatoms. The largest absolute Gasteiger partial charge is 0.457 e. The van der Waals surface area contributed by atoms with E-state index in [1.807, 2.05) is 30.3 Å². The number of carbonyl (C=O) groups is 2. The number of hydrogen-bond acceptors (Lipinski definition) is 5. The highest BCUT2D eigenvalue weighted by Crippen LogP contribution is 2.37. The monoisotopic (exact) mass is 545 g/mol. The molecule has 0 saturated carbocycles. The molecule has 1 amide bonds. The first-order valence-electron chi connectivity index (χ1n) is 13.3. The number of ether oxygens (including phenoxy) is 1. The molecule has 3 aromatic carbocycles. The minimum atomic E-state index is -0.672. The van der Waals surface area contributed by atoms with E-state index in [4.69, 9.17) is 16.3 Å².